The second kappa shape index (κ2) is 27.3. The molecule has 25 heteroatoms. The Hall–Kier alpha value is -7.45. The van der Waals surface area contributed by atoms with Crippen molar-refractivity contribution in [3.8, 4) is 0 Å². The van der Waals surface area contributed by atoms with Crippen molar-refractivity contribution in [3.05, 3.63) is 119 Å². The minimum Gasteiger partial charge on any atom is -0.460 e. The van der Waals surface area contributed by atoms with E-state index < -0.39 is 55.4 Å². The number of amides is 6. The highest BCUT2D eigenvalue weighted by molar-refractivity contribution is 7.86. The zero-order valence-corrected chi connectivity index (χ0v) is 47.3. The molecule has 440 valence electrons. The molecule has 4 aromatic carbocycles. The highest BCUT2D eigenvalue weighted by Crippen LogP contribution is 2.32. The quantitative estimate of drug-likeness (QED) is 0.0789. The van der Waals surface area contributed by atoms with Crippen LogP contribution in [0.1, 0.15) is 106 Å². The minimum atomic E-state index is -4.00. The predicted molar refractivity (Wildman–Crippen MR) is 301 cm³/mol. The van der Waals surface area contributed by atoms with Gasteiger partial charge in [0.05, 0.1) is 9.79 Å². The van der Waals surface area contributed by atoms with Gasteiger partial charge in [0, 0.05) is 101 Å². The zero-order valence-electron chi connectivity index (χ0n) is 45.6. The maximum atomic E-state index is 13.1. The molecule has 0 radical (unpaired) electrons. The lowest BCUT2D eigenvalue weighted by atomic mass is 10.0. The molecule has 9 rings (SSSR count). The van der Waals surface area contributed by atoms with Crippen LogP contribution >= 0.6 is 0 Å². The van der Waals surface area contributed by atoms with Crippen LogP contribution in [0.15, 0.2) is 107 Å². The summed E-state index contributed by atoms with van der Waals surface area (Å²) in [6.45, 7) is 17.7. The predicted octanol–water partition coefficient (Wildman–Crippen LogP) is 5.04. The first-order chi connectivity index (χ1) is 37.5. The fourth-order valence-corrected chi connectivity index (χ4v) is 10.2. The Kier molecular flexibility index (Phi) is 21.7. The smallest absolute Gasteiger partial charge is 0.410 e. The molecule has 6 amide bonds. The Morgan fingerprint density at radius 2 is 1.15 bits per heavy atom. The Balaban J connectivity index is 0.000000227. The van der Waals surface area contributed by atoms with Crippen molar-refractivity contribution in [1.29, 1.82) is 0 Å². The van der Waals surface area contributed by atoms with E-state index in [1.165, 1.54) is 29.2 Å². The topological polar surface area (TPSA) is 313 Å². The Morgan fingerprint density at radius 3 is 1.60 bits per heavy atom. The van der Waals surface area contributed by atoms with E-state index in [1.54, 1.807) is 73.0 Å². The van der Waals surface area contributed by atoms with Crippen LogP contribution < -0.4 is 26.2 Å². The van der Waals surface area contributed by atoms with Crippen LogP contribution in [0.3, 0.4) is 0 Å². The molecule has 3 saturated heterocycles. The first kappa shape index (κ1) is 64.4. The van der Waals surface area contributed by atoms with Crippen LogP contribution in [0.2, 0.25) is 0 Å². The molecule has 0 spiro atoms. The second-order valence-electron chi connectivity index (χ2n) is 21.3. The number of benzene rings is 4. The van der Waals surface area contributed by atoms with E-state index in [4.69, 9.17) is 24.3 Å². The molecule has 4 aromatic rings. The molecule has 2 atom stereocenters. The number of hydrogen-bond donors (Lipinski definition) is 5. The number of fused-ring (bicyclic) bond motifs is 2. The number of nitrogens with one attached hydrogen (secondary N) is 2. The Labute approximate surface area is 473 Å². The van der Waals surface area contributed by atoms with Gasteiger partial charge in [-0.15, -0.1) is 0 Å². The number of imide groups is 1. The van der Waals surface area contributed by atoms with Gasteiger partial charge >= 0.3 is 12.1 Å². The number of nitrogens with zero attached hydrogens (tertiary/aromatic N) is 5. The SMILES string of the molecule is C.CC(C)(C)OC(=O)CC[C@@H](C(N)=O)N1Cc2cc(N3CCN(C(=O)OC(C)(C)C)CC3)ccc2C1=O.O=C1CC[C@H](N2Cc3cc(N4CCNCC4)ccc3C2=O)C(=O)N1.O=S(=O)(O)c1ccccc1.O=S(=O)(O)c1ccccc1. The van der Waals surface area contributed by atoms with Crippen molar-refractivity contribution >= 4 is 73.2 Å². The molecule has 0 bridgehead atoms. The van der Waals surface area contributed by atoms with Crippen LogP contribution in [-0.4, -0.2) is 158 Å². The van der Waals surface area contributed by atoms with E-state index in [9.17, 15) is 50.4 Å². The molecule has 3 fully saturated rings. The lowest BCUT2D eigenvalue weighted by Gasteiger charge is -2.36. The van der Waals surface area contributed by atoms with Gasteiger partial charge in [0.1, 0.15) is 23.3 Å². The molecule has 0 aromatic heterocycles. The largest absolute Gasteiger partial charge is 0.460 e. The average Bonchev–Trinajstić information content (AvgIpc) is 4.16. The van der Waals surface area contributed by atoms with Crippen molar-refractivity contribution in [3.63, 3.8) is 0 Å². The van der Waals surface area contributed by atoms with Crippen LogP contribution in [0.4, 0.5) is 16.2 Å². The molecule has 5 aliphatic rings. The number of rotatable bonds is 10. The van der Waals surface area contributed by atoms with Gasteiger partial charge in [-0.1, -0.05) is 43.8 Å². The first-order valence-corrected chi connectivity index (χ1v) is 28.8. The van der Waals surface area contributed by atoms with Gasteiger partial charge in [-0.2, -0.15) is 16.8 Å². The number of esters is 1. The maximum absolute atomic E-state index is 13.1. The number of ether oxygens (including phenoxy) is 2. The molecule has 0 saturated carbocycles. The molecule has 81 heavy (non-hydrogen) atoms. The van der Waals surface area contributed by atoms with Gasteiger partial charge in [-0.25, -0.2) is 4.79 Å². The highest BCUT2D eigenvalue weighted by atomic mass is 32.2. The molecule has 23 nitrogen and oxygen atoms in total. The van der Waals surface area contributed by atoms with Crippen molar-refractivity contribution in [2.45, 2.75) is 121 Å². The number of carbonyl (C=O) groups is 7. The summed E-state index contributed by atoms with van der Waals surface area (Å²) in [6, 6.07) is 24.9. The van der Waals surface area contributed by atoms with Gasteiger partial charge in [0.25, 0.3) is 32.1 Å². The van der Waals surface area contributed by atoms with E-state index in [-0.39, 0.29) is 72.7 Å². The highest BCUT2D eigenvalue weighted by Gasteiger charge is 2.40. The Bertz CT molecular complexity index is 3070. The average molecular weight is 1160 g/mol. The first-order valence-electron chi connectivity index (χ1n) is 26.0. The van der Waals surface area contributed by atoms with Crippen LogP contribution in [0, 0.1) is 0 Å². The van der Waals surface area contributed by atoms with Crippen molar-refractivity contribution in [1.82, 2.24) is 25.3 Å². The summed E-state index contributed by atoms with van der Waals surface area (Å²) < 4.78 is 69.3. The number of piperazine rings is 2. The number of carbonyl (C=O) groups excluding carboxylic acids is 7. The molecule has 5 heterocycles. The fraction of sp³-hybridized carbons (Fsp3) is 0.446. The third-order valence-electron chi connectivity index (χ3n) is 13.0. The van der Waals surface area contributed by atoms with E-state index in [1.807, 2.05) is 45.0 Å². The third-order valence-corrected chi connectivity index (χ3v) is 14.8. The summed E-state index contributed by atoms with van der Waals surface area (Å²) in [5.41, 5.74) is 9.45. The van der Waals surface area contributed by atoms with Crippen LogP contribution in [0.5, 0.6) is 0 Å². The fourth-order valence-electron chi connectivity index (χ4n) is 9.22. The zero-order chi connectivity index (χ0) is 58.7. The molecular weight excluding hydrogens is 1090 g/mol. The van der Waals surface area contributed by atoms with Crippen molar-refractivity contribution < 1.29 is 69.0 Å². The van der Waals surface area contributed by atoms with E-state index >= 15 is 0 Å². The summed E-state index contributed by atoms with van der Waals surface area (Å²) >= 11 is 0. The van der Waals surface area contributed by atoms with Crippen molar-refractivity contribution in [2.75, 3.05) is 62.2 Å². The number of primary amides is 1. The standard InChI is InChI=1S/C26H38N4O6.C17H20N4O3.2C6H6O3S.CH4/c1-25(2,3)35-21(31)10-9-20(22(27)32)30-16-17-15-18(7-8-19(17)23(30)33)28-11-13-29(14-12-28)24(34)36-26(4,5)6;22-15-4-3-14(16(23)19-15)21-10-11-9-12(1-2-13(11)17(21)24)20-7-5-18-6-8-20;2*7-10(8,9)6-4-2-1-3-5-6;/h7-8,15,20H,9-14,16H2,1-6H3,(H2,27,32);1-2,9,14,18H,3-8,10H2,(H,19,22,23);2*1-5H,(H,7,8,9);1H4/t20-;14-;;;/m00.../s1. The second-order valence-corrected chi connectivity index (χ2v) is 24.2. The van der Waals surface area contributed by atoms with Crippen LogP contribution in [0.25, 0.3) is 0 Å². The number of anilines is 2. The summed E-state index contributed by atoms with van der Waals surface area (Å²) in [5.74, 6) is -2.12. The Morgan fingerprint density at radius 1 is 0.667 bits per heavy atom. The number of piperidine rings is 1. The van der Waals surface area contributed by atoms with Gasteiger partial charge in [-0.05, 0) is 126 Å². The van der Waals surface area contributed by atoms with E-state index in [0.717, 1.165) is 48.7 Å². The summed E-state index contributed by atoms with van der Waals surface area (Å²) in [7, 11) is -8.01. The lowest BCUT2D eigenvalue weighted by Crippen LogP contribution is -2.52. The summed E-state index contributed by atoms with van der Waals surface area (Å²) in [4.78, 5) is 94.8. The van der Waals surface area contributed by atoms with Gasteiger partial charge in [0.2, 0.25) is 17.7 Å². The summed E-state index contributed by atoms with van der Waals surface area (Å²) in [5, 5.41) is 5.66. The van der Waals surface area contributed by atoms with Crippen molar-refractivity contribution in [2.24, 2.45) is 5.73 Å². The maximum Gasteiger partial charge on any atom is 0.410 e. The van der Waals surface area contributed by atoms with Gasteiger partial charge in [-0.3, -0.25) is 43.2 Å². The van der Waals surface area contributed by atoms with E-state index in [0.29, 0.717) is 50.3 Å². The van der Waals surface area contributed by atoms with Crippen LogP contribution in [-0.2, 0) is 62.0 Å². The monoisotopic (exact) mass is 1160 g/mol. The summed E-state index contributed by atoms with van der Waals surface area (Å²) in [6.07, 6.45) is 0.445. The molecule has 0 aliphatic carbocycles. The number of nitrogens with two attached hydrogens (primary N) is 1. The third kappa shape index (κ3) is 18.3. The van der Waals surface area contributed by atoms with E-state index in [2.05, 4.69) is 26.5 Å². The molecule has 0 unspecified atom stereocenters. The lowest BCUT2D eigenvalue weighted by molar-refractivity contribution is -0.155. The molecular formula is C56H74N8O15S2. The van der Waals surface area contributed by atoms with Gasteiger partial charge < -0.3 is 45.0 Å². The molecule has 6 N–H and O–H groups in total. The minimum absolute atomic E-state index is 0. The normalized spacial score (nSPS) is 17.5. The molecule has 5 aliphatic heterocycles. The number of hydrogen-bond acceptors (Lipinski definition) is 16. The van der Waals surface area contributed by atoms with Gasteiger partial charge in [0.15, 0.2) is 0 Å².